The molecule has 1 aliphatic rings. The normalized spacial score (nSPS) is 15.1. The highest BCUT2D eigenvalue weighted by Crippen LogP contribution is 2.38. The van der Waals surface area contributed by atoms with E-state index in [0.29, 0.717) is 17.3 Å². The van der Waals surface area contributed by atoms with Crippen LogP contribution < -0.4 is 4.80 Å². The van der Waals surface area contributed by atoms with E-state index in [9.17, 15) is 8.78 Å². The molecule has 0 radical (unpaired) electrons. The van der Waals surface area contributed by atoms with Gasteiger partial charge in [-0.2, -0.15) is 0 Å². The summed E-state index contributed by atoms with van der Waals surface area (Å²) in [6.07, 6.45) is 2.16. The molecule has 5 heteroatoms. The maximum atomic E-state index is 14.1. The van der Waals surface area contributed by atoms with Crippen molar-refractivity contribution in [3.8, 4) is 11.3 Å². The Hall–Kier alpha value is -2.27. The molecule has 4 rings (SSSR count). The van der Waals surface area contributed by atoms with E-state index in [1.165, 1.54) is 29.5 Å². The Balaban J connectivity index is 1.86. The maximum absolute atomic E-state index is 14.1. The van der Waals surface area contributed by atoms with Crippen LogP contribution in [0.4, 0.5) is 14.5 Å². The second-order valence-electron chi connectivity index (χ2n) is 5.57. The highest BCUT2D eigenvalue weighted by atomic mass is 32.1. The average molecular weight is 328 g/mol. The molecule has 0 bridgehead atoms. The van der Waals surface area contributed by atoms with E-state index in [4.69, 9.17) is 0 Å². The number of rotatable bonds is 3. The maximum Gasteiger partial charge on any atom is 0.190 e. The van der Waals surface area contributed by atoms with E-state index in [2.05, 4.69) is 9.56 Å². The Morgan fingerprint density at radius 1 is 1.00 bits per heavy atom. The zero-order valence-electron chi connectivity index (χ0n) is 12.2. The second kappa shape index (κ2) is 5.74. The zero-order valence-corrected chi connectivity index (χ0v) is 13.1. The van der Waals surface area contributed by atoms with Gasteiger partial charge in [0.1, 0.15) is 11.6 Å². The Morgan fingerprint density at radius 2 is 1.74 bits per heavy atom. The van der Waals surface area contributed by atoms with Crippen LogP contribution >= 0.6 is 11.3 Å². The summed E-state index contributed by atoms with van der Waals surface area (Å²) in [5.74, 6) is -0.509. The fourth-order valence-electron chi connectivity index (χ4n) is 2.58. The lowest BCUT2D eigenvalue weighted by Gasteiger charge is -2.08. The molecule has 1 aliphatic carbocycles. The van der Waals surface area contributed by atoms with Gasteiger partial charge in [-0.1, -0.05) is 12.1 Å². The monoisotopic (exact) mass is 328 g/mol. The minimum Gasteiger partial charge on any atom is -0.313 e. The third-order valence-corrected chi connectivity index (χ3v) is 4.69. The van der Waals surface area contributed by atoms with Crippen LogP contribution in [-0.2, 0) is 0 Å². The van der Waals surface area contributed by atoms with Gasteiger partial charge in [-0.15, -0.1) is 11.3 Å². The van der Waals surface area contributed by atoms with Crippen molar-refractivity contribution < 1.29 is 8.78 Å². The van der Waals surface area contributed by atoms with Crippen molar-refractivity contribution in [2.75, 3.05) is 0 Å². The lowest BCUT2D eigenvalue weighted by atomic mass is 10.1. The Bertz CT molecular complexity index is 905. The van der Waals surface area contributed by atoms with Crippen molar-refractivity contribution >= 4 is 17.0 Å². The van der Waals surface area contributed by atoms with E-state index in [0.717, 1.165) is 23.3 Å². The molecule has 1 aromatic heterocycles. The summed E-state index contributed by atoms with van der Waals surface area (Å²) in [6.45, 7) is 0. The van der Waals surface area contributed by atoms with Crippen molar-refractivity contribution in [2.45, 2.75) is 18.9 Å². The summed E-state index contributed by atoms with van der Waals surface area (Å²) in [5.41, 5.74) is 2.15. The van der Waals surface area contributed by atoms with Crippen LogP contribution in [0.5, 0.6) is 0 Å². The fraction of sp³-hybridized carbons (Fsp3) is 0.167. The average Bonchev–Trinajstić information content (AvgIpc) is 3.31. The zero-order chi connectivity index (χ0) is 15.8. The molecule has 0 amide bonds. The second-order valence-corrected chi connectivity index (χ2v) is 6.41. The van der Waals surface area contributed by atoms with Crippen molar-refractivity contribution in [1.29, 1.82) is 0 Å². The summed E-state index contributed by atoms with van der Waals surface area (Å²) >= 11 is 1.48. The molecule has 2 nitrogen and oxygen atoms in total. The molecular weight excluding hydrogens is 314 g/mol. The van der Waals surface area contributed by atoms with Crippen LogP contribution in [0, 0.1) is 11.6 Å². The third kappa shape index (κ3) is 2.84. The lowest BCUT2D eigenvalue weighted by molar-refractivity contribution is 0.626. The van der Waals surface area contributed by atoms with E-state index in [1.807, 2.05) is 11.4 Å². The number of hydrogen-bond donors (Lipinski definition) is 0. The molecule has 1 saturated carbocycles. The van der Waals surface area contributed by atoms with E-state index in [-0.39, 0.29) is 11.6 Å². The first kappa shape index (κ1) is 14.3. The molecule has 0 saturated heterocycles. The first-order valence-corrected chi connectivity index (χ1v) is 8.35. The Labute approximate surface area is 136 Å². The van der Waals surface area contributed by atoms with Gasteiger partial charge in [-0.25, -0.2) is 13.8 Å². The predicted molar refractivity (Wildman–Crippen MR) is 87.6 cm³/mol. The molecular formula is C18H14F2N2S. The number of thiazole rings is 1. The van der Waals surface area contributed by atoms with Gasteiger partial charge >= 0.3 is 0 Å². The molecule has 0 unspecified atom stereocenters. The molecule has 0 atom stereocenters. The van der Waals surface area contributed by atoms with Crippen molar-refractivity contribution in [3.63, 3.8) is 0 Å². The Morgan fingerprint density at radius 3 is 2.43 bits per heavy atom. The van der Waals surface area contributed by atoms with Gasteiger partial charge in [-0.05, 0) is 49.2 Å². The summed E-state index contributed by atoms with van der Waals surface area (Å²) in [6, 6.07) is 13.2. The van der Waals surface area contributed by atoms with Gasteiger partial charge in [-0.3, -0.25) is 0 Å². The first-order chi connectivity index (χ1) is 11.2. The third-order valence-electron chi connectivity index (χ3n) is 3.85. The molecule has 0 N–H and O–H groups in total. The van der Waals surface area contributed by atoms with Crippen LogP contribution in [-0.4, -0.2) is 4.57 Å². The highest BCUT2D eigenvalue weighted by Gasteiger charge is 2.28. The molecule has 0 spiro atoms. The van der Waals surface area contributed by atoms with E-state index < -0.39 is 0 Å². The van der Waals surface area contributed by atoms with E-state index in [1.54, 1.807) is 24.3 Å². The molecule has 23 heavy (non-hydrogen) atoms. The topological polar surface area (TPSA) is 17.3 Å². The smallest absolute Gasteiger partial charge is 0.190 e. The summed E-state index contributed by atoms with van der Waals surface area (Å²) in [5, 5.41) is 1.94. The highest BCUT2D eigenvalue weighted by molar-refractivity contribution is 7.07. The molecule has 3 aromatic rings. The van der Waals surface area contributed by atoms with Crippen LogP contribution in [0.3, 0.4) is 0 Å². The molecule has 116 valence electrons. The van der Waals surface area contributed by atoms with Crippen LogP contribution in [0.15, 0.2) is 58.9 Å². The van der Waals surface area contributed by atoms with E-state index >= 15 is 0 Å². The van der Waals surface area contributed by atoms with Crippen molar-refractivity contribution in [3.05, 3.63) is 70.3 Å². The van der Waals surface area contributed by atoms with Gasteiger partial charge in [0.15, 0.2) is 4.80 Å². The predicted octanol–water partition coefficient (Wildman–Crippen LogP) is 5.06. The van der Waals surface area contributed by atoms with Gasteiger partial charge in [0.25, 0.3) is 0 Å². The standard InChI is InChI=1S/C18H14F2N2S/c19-12-5-7-13(8-6-12)21-18-22(14-9-10-14)17(11-23-18)15-3-1-2-4-16(15)20/h1-8,11,14H,9-10H2. The van der Waals surface area contributed by atoms with Gasteiger partial charge < -0.3 is 4.57 Å². The van der Waals surface area contributed by atoms with Gasteiger partial charge in [0.2, 0.25) is 0 Å². The minimum atomic E-state index is -0.280. The fourth-order valence-corrected chi connectivity index (χ4v) is 3.56. The van der Waals surface area contributed by atoms with Gasteiger partial charge in [0.05, 0.1) is 11.4 Å². The molecule has 1 heterocycles. The largest absolute Gasteiger partial charge is 0.313 e. The van der Waals surface area contributed by atoms with Crippen LogP contribution in [0.2, 0.25) is 0 Å². The molecule has 2 aromatic carbocycles. The number of hydrogen-bond acceptors (Lipinski definition) is 2. The first-order valence-electron chi connectivity index (χ1n) is 7.47. The quantitative estimate of drug-likeness (QED) is 0.639. The van der Waals surface area contributed by atoms with Crippen LogP contribution in [0.1, 0.15) is 18.9 Å². The van der Waals surface area contributed by atoms with Gasteiger partial charge in [0, 0.05) is 17.0 Å². The Kier molecular flexibility index (Phi) is 3.58. The SMILES string of the molecule is Fc1ccc(N=c2scc(-c3ccccc3F)n2C2CC2)cc1. The van der Waals surface area contributed by atoms with Crippen LogP contribution in [0.25, 0.3) is 11.3 Å². The summed E-state index contributed by atoms with van der Waals surface area (Å²) < 4.78 is 29.3. The molecule has 0 aliphatic heterocycles. The van der Waals surface area contributed by atoms with Crippen molar-refractivity contribution in [1.82, 2.24) is 4.57 Å². The summed E-state index contributed by atoms with van der Waals surface area (Å²) in [4.78, 5) is 5.43. The number of halogens is 2. The number of nitrogens with zero attached hydrogens (tertiary/aromatic N) is 2. The number of benzene rings is 2. The summed E-state index contributed by atoms with van der Waals surface area (Å²) in [7, 11) is 0. The lowest BCUT2D eigenvalue weighted by Crippen LogP contribution is -2.14. The number of aromatic nitrogens is 1. The minimum absolute atomic E-state index is 0.229. The molecule has 1 fully saturated rings. The van der Waals surface area contributed by atoms with Crippen molar-refractivity contribution in [2.24, 2.45) is 4.99 Å².